The minimum Gasteiger partial charge on any atom is -0.188 e. The van der Waals surface area contributed by atoms with Crippen molar-refractivity contribution in [3.8, 4) is 0 Å². The van der Waals surface area contributed by atoms with Crippen molar-refractivity contribution >= 4 is 0 Å². The van der Waals surface area contributed by atoms with Crippen LogP contribution in [0.5, 0.6) is 0 Å². The molecule has 0 unspecified atom stereocenters. The Bertz CT molecular complexity index is 175. The molecular weight excluding hydrogens is 135 g/mol. The van der Waals surface area contributed by atoms with E-state index in [9.17, 15) is 13.2 Å². The van der Waals surface area contributed by atoms with Crippen LogP contribution >= 0.6 is 0 Å². The second kappa shape index (κ2) is 1.96. The van der Waals surface area contributed by atoms with Crippen molar-refractivity contribution in [2.75, 3.05) is 0 Å². The molecule has 1 heterocycles. The Morgan fingerprint density at radius 3 is 1.78 bits per heavy atom. The average molecular weight is 136 g/mol. The van der Waals surface area contributed by atoms with Gasteiger partial charge in [-0.05, 0) is 9.97 Å². The summed E-state index contributed by atoms with van der Waals surface area (Å²) in [5.74, 6) is 0. The number of hydrogen-bond donors (Lipinski definition) is 0. The zero-order valence-corrected chi connectivity index (χ0v) is 4.03. The predicted octanol–water partition coefficient (Wildman–Crippen LogP) is -0.292. The van der Waals surface area contributed by atoms with E-state index >= 15 is 0 Å². The Kier molecular flexibility index (Phi) is 1.29. The highest BCUT2D eigenvalue weighted by molar-refractivity contribution is 4.53. The second-order valence-electron chi connectivity index (χ2n) is 1.20. The van der Waals surface area contributed by atoms with Crippen molar-refractivity contribution in [2.45, 2.75) is 0 Å². The van der Waals surface area contributed by atoms with Crippen LogP contribution < -0.4 is 4.98 Å². The summed E-state index contributed by atoms with van der Waals surface area (Å²) in [4.78, 5) is 6.40. The summed E-state index contributed by atoms with van der Waals surface area (Å²) in [6.07, 6.45) is -4.09. The lowest BCUT2D eigenvalue weighted by atomic mass is 11.0. The third kappa shape index (κ3) is 1.34. The number of aromatic nitrogens is 3. The molecule has 0 amide bonds. The molecule has 0 aliphatic carbocycles. The van der Waals surface area contributed by atoms with Crippen LogP contribution in [0.3, 0.4) is 0 Å². The van der Waals surface area contributed by atoms with Gasteiger partial charge in [-0.2, -0.15) is 4.98 Å². The maximum absolute atomic E-state index is 11.7. The lowest BCUT2D eigenvalue weighted by Crippen LogP contribution is -2.20. The molecule has 0 aromatic carbocycles. The van der Waals surface area contributed by atoms with Gasteiger partial charge in [-0.15, -0.1) is 13.2 Å². The van der Waals surface area contributed by atoms with Crippen molar-refractivity contribution in [3.05, 3.63) is 18.2 Å². The molecule has 0 aliphatic heterocycles. The van der Waals surface area contributed by atoms with E-state index in [1.54, 1.807) is 0 Å². The third-order valence-electron chi connectivity index (χ3n) is 0.587. The maximum atomic E-state index is 11.7. The van der Waals surface area contributed by atoms with Gasteiger partial charge < -0.3 is 0 Å². The zero-order valence-electron chi connectivity index (χ0n) is 4.03. The fourth-order valence-electron chi connectivity index (χ4n) is 0.328. The SMILES string of the molecule is Fc1nc(F)[nH+]c(F)n1. The summed E-state index contributed by atoms with van der Waals surface area (Å²) in [5.41, 5.74) is 0. The molecule has 0 fully saturated rings. The van der Waals surface area contributed by atoms with Gasteiger partial charge in [0.1, 0.15) is 0 Å². The van der Waals surface area contributed by atoms with Crippen molar-refractivity contribution in [1.29, 1.82) is 0 Å². The summed E-state index contributed by atoms with van der Waals surface area (Å²) in [6, 6.07) is 0. The van der Waals surface area contributed by atoms with Crippen LogP contribution in [0.25, 0.3) is 0 Å². The standard InChI is InChI=1S/C3F3N3/c4-1-7-2(5)9-3(6)8-1/p+1. The highest BCUT2D eigenvalue weighted by atomic mass is 19.2. The highest BCUT2D eigenvalue weighted by Gasteiger charge is 2.12. The van der Waals surface area contributed by atoms with E-state index in [0.29, 0.717) is 0 Å². The summed E-state index contributed by atoms with van der Waals surface area (Å²) < 4.78 is 35.2. The topological polar surface area (TPSA) is 39.9 Å². The molecule has 1 aromatic rings. The molecule has 0 atom stereocenters. The quantitative estimate of drug-likeness (QED) is 0.491. The van der Waals surface area contributed by atoms with E-state index in [4.69, 9.17) is 0 Å². The van der Waals surface area contributed by atoms with Crippen LogP contribution in [0.2, 0.25) is 0 Å². The molecule has 0 radical (unpaired) electrons. The number of hydrogen-bond acceptors (Lipinski definition) is 2. The van der Waals surface area contributed by atoms with Crippen LogP contribution in [0.1, 0.15) is 0 Å². The molecule has 6 heteroatoms. The lowest BCUT2D eigenvalue weighted by Gasteiger charge is -1.76. The fourth-order valence-corrected chi connectivity index (χ4v) is 0.328. The third-order valence-corrected chi connectivity index (χ3v) is 0.587. The first-order chi connectivity index (χ1) is 4.18. The van der Waals surface area contributed by atoms with Gasteiger partial charge in [0.05, 0.1) is 0 Å². The molecule has 0 bridgehead atoms. The monoisotopic (exact) mass is 136 g/mol. The van der Waals surface area contributed by atoms with E-state index in [0.717, 1.165) is 0 Å². The predicted molar refractivity (Wildman–Crippen MR) is 18.5 cm³/mol. The first kappa shape index (κ1) is 5.93. The fraction of sp³-hybridized carbons (Fsp3) is 0. The molecule has 0 saturated carbocycles. The highest BCUT2D eigenvalue weighted by Crippen LogP contribution is 1.84. The van der Waals surface area contributed by atoms with Gasteiger partial charge in [-0.25, -0.2) is 0 Å². The minimum absolute atomic E-state index is 1.33. The molecule has 9 heavy (non-hydrogen) atoms. The second-order valence-corrected chi connectivity index (χ2v) is 1.20. The van der Waals surface area contributed by atoms with E-state index < -0.39 is 18.2 Å². The van der Waals surface area contributed by atoms with Crippen molar-refractivity contribution in [2.24, 2.45) is 0 Å². The van der Waals surface area contributed by atoms with Gasteiger partial charge >= 0.3 is 18.2 Å². The number of nitrogens with one attached hydrogen (secondary N) is 1. The van der Waals surface area contributed by atoms with Gasteiger partial charge in [-0.1, -0.05) is 0 Å². The van der Waals surface area contributed by atoms with Gasteiger partial charge in [0.15, 0.2) is 0 Å². The molecule has 0 aliphatic rings. The summed E-state index contributed by atoms with van der Waals surface area (Å²) in [7, 11) is 0. The lowest BCUT2D eigenvalue weighted by molar-refractivity contribution is -0.474. The zero-order chi connectivity index (χ0) is 6.85. The van der Waals surface area contributed by atoms with Crippen LogP contribution in [0.15, 0.2) is 0 Å². The first-order valence-corrected chi connectivity index (χ1v) is 1.96. The van der Waals surface area contributed by atoms with Crippen molar-refractivity contribution in [1.82, 2.24) is 9.97 Å². The van der Waals surface area contributed by atoms with Gasteiger partial charge in [-0.3, -0.25) is 0 Å². The Labute approximate surface area is 47.6 Å². The summed E-state index contributed by atoms with van der Waals surface area (Å²) in [6.45, 7) is 0. The largest absolute Gasteiger partial charge is 0.466 e. The Morgan fingerprint density at radius 1 is 1.00 bits per heavy atom. The molecule has 48 valence electrons. The average Bonchev–Trinajstić information content (AvgIpc) is 1.59. The smallest absolute Gasteiger partial charge is 0.188 e. The van der Waals surface area contributed by atoms with E-state index in [1.807, 2.05) is 0 Å². The first-order valence-electron chi connectivity index (χ1n) is 1.96. The number of rotatable bonds is 0. The summed E-state index contributed by atoms with van der Waals surface area (Å²) >= 11 is 0. The van der Waals surface area contributed by atoms with Gasteiger partial charge in [0, 0.05) is 0 Å². The molecule has 0 saturated heterocycles. The van der Waals surface area contributed by atoms with Crippen LogP contribution in [0, 0.1) is 18.2 Å². The number of halogens is 3. The normalized spacial score (nSPS) is 9.67. The Hall–Kier alpha value is -1.20. The molecular formula is C3HF3N3+. The number of aromatic amines is 1. The summed E-state index contributed by atoms with van der Waals surface area (Å²) in [5, 5.41) is 0. The van der Waals surface area contributed by atoms with E-state index in [1.165, 1.54) is 4.98 Å². The number of H-pyrrole nitrogens is 1. The Balaban J connectivity index is 3.17. The number of nitrogens with zero attached hydrogens (tertiary/aromatic N) is 2. The van der Waals surface area contributed by atoms with Crippen molar-refractivity contribution in [3.63, 3.8) is 0 Å². The van der Waals surface area contributed by atoms with Gasteiger partial charge in [0.25, 0.3) is 0 Å². The van der Waals surface area contributed by atoms with Crippen molar-refractivity contribution < 1.29 is 18.2 Å². The minimum atomic E-state index is -1.43. The molecule has 3 nitrogen and oxygen atoms in total. The van der Waals surface area contributed by atoms with Crippen LogP contribution in [0.4, 0.5) is 13.2 Å². The van der Waals surface area contributed by atoms with Crippen LogP contribution in [-0.4, -0.2) is 9.97 Å². The van der Waals surface area contributed by atoms with Gasteiger partial charge in [0.2, 0.25) is 0 Å². The van der Waals surface area contributed by atoms with E-state index in [2.05, 4.69) is 9.97 Å². The molecule has 1 rings (SSSR count). The molecule has 1 aromatic heterocycles. The molecule has 1 N–H and O–H groups in total. The molecule has 0 spiro atoms. The van der Waals surface area contributed by atoms with Crippen LogP contribution in [-0.2, 0) is 0 Å². The Morgan fingerprint density at radius 2 is 1.44 bits per heavy atom. The van der Waals surface area contributed by atoms with E-state index in [-0.39, 0.29) is 0 Å². The maximum Gasteiger partial charge on any atom is 0.466 e.